The van der Waals surface area contributed by atoms with Gasteiger partial charge in [-0.15, -0.1) is 0 Å². The van der Waals surface area contributed by atoms with Crippen LogP contribution in [0.3, 0.4) is 0 Å². The lowest BCUT2D eigenvalue weighted by molar-refractivity contribution is -0.139. The fourth-order valence-corrected chi connectivity index (χ4v) is 7.08. The largest absolute Gasteiger partial charge is 0.343 e. The number of piperidine rings is 1. The molecule has 0 radical (unpaired) electrons. The standard InChI is InChI=1S/C38H61N5O4/c1-10-40(7)25-30(29-17-12-11-13-18-29)24-34(44)31-20-16-22-43(31)37(46)28(6)23-33(26(2)3)42(9)38(47)35(27(4)5)39-36(45)32-19-14-15-21-41(32)8/h11-13,17-18,23,26-27,30-33,35H,10,14-16,19-22,24-25H2,1-9H3,(H,39,45)/t30?,31-,32+,33+,35-/m0/s1. The third-order valence-corrected chi connectivity index (χ3v) is 10.2. The van der Waals surface area contributed by atoms with Gasteiger partial charge >= 0.3 is 0 Å². The molecule has 3 amide bonds. The van der Waals surface area contributed by atoms with E-state index in [0.29, 0.717) is 25.0 Å². The highest BCUT2D eigenvalue weighted by atomic mass is 16.2. The summed E-state index contributed by atoms with van der Waals surface area (Å²) in [5.74, 6) is -0.331. The summed E-state index contributed by atoms with van der Waals surface area (Å²) in [5, 5.41) is 3.06. The third-order valence-electron chi connectivity index (χ3n) is 10.2. The van der Waals surface area contributed by atoms with Crippen LogP contribution in [0.5, 0.6) is 0 Å². The van der Waals surface area contributed by atoms with Gasteiger partial charge in [0.25, 0.3) is 0 Å². The predicted molar refractivity (Wildman–Crippen MR) is 189 cm³/mol. The second kappa shape index (κ2) is 17.9. The molecule has 3 rings (SSSR count). The fraction of sp³-hybridized carbons (Fsp3) is 0.684. The highest BCUT2D eigenvalue weighted by Gasteiger charge is 2.37. The Labute approximate surface area is 284 Å². The number of nitrogens with one attached hydrogen (secondary N) is 1. The third kappa shape index (κ3) is 10.2. The molecule has 0 saturated carbocycles. The molecule has 0 aliphatic carbocycles. The molecule has 0 spiro atoms. The molecule has 0 aromatic heterocycles. The Balaban J connectivity index is 1.75. The van der Waals surface area contributed by atoms with Crippen molar-refractivity contribution in [1.29, 1.82) is 0 Å². The van der Waals surface area contributed by atoms with Crippen molar-refractivity contribution in [3.05, 3.63) is 47.5 Å². The topological polar surface area (TPSA) is 93.3 Å². The average Bonchev–Trinajstić information content (AvgIpc) is 3.55. The lowest BCUT2D eigenvalue weighted by Crippen LogP contribution is -2.57. The van der Waals surface area contributed by atoms with Gasteiger partial charge in [-0.05, 0) is 77.2 Å². The molecule has 5 atom stereocenters. The van der Waals surface area contributed by atoms with Gasteiger partial charge in [-0.1, -0.05) is 77.4 Å². The highest BCUT2D eigenvalue weighted by Crippen LogP contribution is 2.28. The average molecular weight is 652 g/mol. The number of hydrogen-bond donors (Lipinski definition) is 1. The van der Waals surface area contributed by atoms with Gasteiger partial charge in [0, 0.05) is 38.0 Å². The van der Waals surface area contributed by atoms with Crippen molar-refractivity contribution < 1.29 is 19.2 Å². The SMILES string of the molecule is CCN(C)CC(CC(=O)[C@@H]1CCCN1C(=O)C(C)=C[C@H](C(C)C)N(C)C(=O)[C@@H](NC(=O)[C@H]1CCCCN1C)C(C)C)c1ccccc1. The summed E-state index contributed by atoms with van der Waals surface area (Å²) in [7, 11) is 5.79. The molecule has 9 heteroatoms. The van der Waals surface area contributed by atoms with Gasteiger partial charge < -0.3 is 20.0 Å². The van der Waals surface area contributed by atoms with Crippen LogP contribution in [-0.4, -0.2) is 115 Å². The van der Waals surface area contributed by atoms with Crippen LogP contribution in [0.4, 0.5) is 0 Å². The highest BCUT2D eigenvalue weighted by molar-refractivity contribution is 5.98. The molecular formula is C38H61N5O4. The van der Waals surface area contributed by atoms with Gasteiger partial charge in [0.05, 0.1) is 18.1 Å². The van der Waals surface area contributed by atoms with Crippen LogP contribution in [0.2, 0.25) is 0 Å². The molecule has 9 nitrogen and oxygen atoms in total. The molecule has 2 fully saturated rings. The fourth-order valence-electron chi connectivity index (χ4n) is 7.08. The Hall–Kier alpha value is -3.04. The number of hydrogen-bond acceptors (Lipinski definition) is 6. The number of likely N-dealkylation sites (N-methyl/N-ethyl adjacent to an activating group) is 3. The van der Waals surface area contributed by atoms with E-state index in [1.807, 2.05) is 59.0 Å². The van der Waals surface area contributed by atoms with Gasteiger partial charge in [0.2, 0.25) is 17.7 Å². The van der Waals surface area contributed by atoms with Gasteiger partial charge in [0.15, 0.2) is 5.78 Å². The lowest BCUT2D eigenvalue weighted by atomic mass is 9.90. The van der Waals surface area contributed by atoms with Crippen LogP contribution in [0.1, 0.15) is 91.5 Å². The second-order valence-corrected chi connectivity index (χ2v) is 14.5. The van der Waals surface area contributed by atoms with Crippen molar-refractivity contribution in [2.75, 3.05) is 47.3 Å². The maximum Gasteiger partial charge on any atom is 0.249 e. The van der Waals surface area contributed by atoms with E-state index in [1.165, 1.54) is 0 Å². The van der Waals surface area contributed by atoms with E-state index >= 15 is 0 Å². The first kappa shape index (κ1) is 38.4. The minimum Gasteiger partial charge on any atom is -0.343 e. The summed E-state index contributed by atoms with van der Waals surface area (Å²) >= 11 is 0. The van der Waals surface area contributed by atoms with Crippen LogP contribution in [0.25, 0.3) is 0 Å². The van der Waals surface area contributed by atoms with Gasteiger partial charge in [0.1, 0.15) is 6.04 Å². The normalized spacial score (nSPS) is 21.2. The molecule has 2 aliphatic rings. The summed E-state index contributed by atoms with van der Waals surface area (Å²) in [4.78, 5) is 62.6. The number of Topliss-reactive ketones (excluding diaryl/α,β-unsaturated/α-hetero) is 1. The van der Waals surface area contributed by atoms with E-state index in [4.69, 9.17) is 0 Å². The van der Waals surface area contributed by atoms with E-state index in [9.17, 15) is 19.2 Å². The van der Waals surface area contributed by atoms with Crippen LogP contribution < -0.4 is 5.32 Å². The minimum absolute atomic E-state index is 0.0258. The lowest BCUT2D eigenvalue weighted by Gasteiger charge is -2.36. The number of ketones is 1. The Kier molecular flexibility index (Phi) is 14.6. The summed E-state index contributed by atoms with van der Waals surface area (Å²) in [6, 6.07) is 8.48. The Bertz CT molecular complexity index is 1230. The van der Waals surface area contributed by atoms with E-state index in [0.717, 1.165) is 50.9 Å². The van der Waals surface area contributed by atoms with Crippen molar-refractivity contribution in [2.45, 2.75) is 110 Å². The van der Waals surface area contributed by atoms with Crippen LogP contribution >= 0.6 is 0 Å². The van der Waals surface area contributed by atoms with Crippen LogP contribution in [-0.2, 0) is 19.2 Å². The van der Waals surface area contributed by atoms with E-state index in [1.54, 1.807) is 23.8 Å². The first-order valence-corrected chi connectivity index (χ1v) is 17.8. The number of carbonyl (C=O) groups is 4. The van der Waals surface area contributed by atoms with Crippen molar-refractivity contribution in [1.82, 2.24) is 24.9 Å². The van der Waals surface area contributed by atoms with E-state index in [-0.39, 0.29) is 53.3 Å². The van der Waals surface area contributed by atoms with Crippen LogP contribution in [0, 0.1) is 11.8 Å². The minimum atomic E-state index is -0.668. The molecule has 0 bridgehead atoms. The summed E-state index contributed by atoms with van der Waals surface area (Å²) in [5.41, 5.74) is 1.67. The molecular weight excluding hydrogens is 590 g/mol. The molecule has 262 valence electrons. The summed E-state index contributed by atoms with van der Waals surface area (Å²) < 4.78 is 0. The first-order chi connectivity index (χ1) is 22.3. The maximum absolute atomic E-state index is 13.9. The van der Waals surface area contributed by atoms with Crippen molar-refractivity contribution in [3.63, 3.8) is 0 Å². The first-order valence-electron chi connectivity index (χ1n) is 17.8. The predicted octanol–water partition coefficient (Wildman–Crippen LogP) is 4.73. The summed E-state index contributed by atoms with van der Waals surface area (Å²) in [6.07, 6.45) is 6.59. The number of likely N-dealkylation sites (tertiary alicyclic amines) is 2. The zero-order valence-electron chi connectivity index (χ0n) is 30.5. The molecule has 1 unspecified atom stereocenters. The molecule has 2 aliphatic heterocycles. The van der Waals surface area contributed by atoms with Gasteiger partial charge in [-0.3, -0.25) is 24.1 Å². The molecule has 1 aromatic rings. The number of nitrogens with zero attached hydrogens (tertiary/aromatic N) is 4. The zero-order valence-corrected chi connectivity index (χ0v) is 30.5. The number of benzene rings is 1. The summed E-state index contributed by atoms with van der Waals surface area (Å²) in [6.45, 7) is 14.9. The van der Waals surface area contributed by atoms with Gasteiger partial charge in [-0.2, -0.15) is 0 Å². The Morgan fingerprint density at radius 3 is 2.19 bits per heavy atom. The molecule has 1 aromatic carbocycles. The molecule has 2 heterocycles. The van der Waals surface area contributed by atoms with Crippen LogP contribution in [0.15, 0.2) is 42.0 Å². The quantitative estimate of drug-likeness (QED) is 0.276. The number of rotatable bonds is 15. The van der Waals surface area contributed by atoms with Crippen molar-refractivity contribution in [3.8, 4) is 0 Å². The second-order valence-electron chi connectivity index (χ2n) is 14.5. The number of carbonyl (C=O) groups excluding carboxylic acids is 4. The maximum atomic E-state index is 13.9. The molecule has 47 heavy (non-hydrogen) atoms. The Morgan fingerprint density at radius 1 is 0.936 bits per heavy atom. The van der Waals surface area contributed by atoms with E-state index < -0.39 is 12.1 Å². The Morgan fingerprint density at radius 2 is 1.60 bits per heavy atom. The van der Waals surface area contributed by atoms with E-state index in [2.05, 4.69) is 41.2 Å². The van der Waals surface area contributed by atoms with Crippen molar-refractivity contribution >= 4 is 23.5 Å². The molecule has 2 saturated heterocycles. The number of amides is 3. The monoisotopic (exact) mass is 651 g/mol. The van der Waals surface area contributed by atoms with Crippen molar-refractivity contribution in [2.24, 2.45) is 11.8 Å². The zero-order chi connectivity index (χ0) is 34.8. The smallest absolute Gasteiger partial charge is 0.249 e. The van der Waals surface area contributed by atoms with Gasteiger partial charge in [-0.25, -0.2) is 0 Å². The molecule has 1 N–H and O–H groups in total.